The number of nitrogens with two attached hydrogens (primary N) is 1. The number of pyridine rings is 1. The van der Waals surface area contributed by atoms with Crippen molar-refractivity contribution < 1.29 is 4.74 Å². The molecule has 0 unspecified atom stereocenters. The maximum absolute atomic E-state index is 11.5. The lowest BCUT2D eigenvalue weighted by Gasteiger charge is -2.09. The average molecular weight is 258 g/mol. The number of anilines is 1. The van der Waals surface area contributed by atoms with Gasteiger partial charge in [-0.25, -0.2) is 0 Å². The molecule has 0 amide bonds. The Hall–Kier alpha value is -2.23. The molecule has 1 aromatic heterocycles. The van der Waals surface area contributed by atoms with Crippen LogP contribution >= 0.6 is 0 Å². The Morgan fingerprint density at radius 3 is 2.58 bits per heavy atom. The lowest BCUT2D eigenvalue weighted by molar-refractivity contribution is 0.296. The highest BCUT2D eigenvalue weighted by molar-refractivity contribution is 5.33. The van der Waals surface area contributed by atoms with Crippen LogP contribution in [-0.4, -0.2) is 11.2 Å². The fourth-order valence-corrected chi connectivity index (χ4v) is 1.81. The molecule has 2 aromatic rings. The quantitative estimate of drug-likeness (QED) is 0.893. The highest BCUT2D eigenvalue weighted by Crippen LogP contribution is 2.12. The van der Waals surface area contributed by atoms with Gasteiger partial charge in [-0.05, 0) is 30.2 Å². The Labute approximate surface area is 112 Å². The first-order valence-corrected chi connectivity index (χ1v) is 6.37. The number of aryl methyl sites for hydroxylation is 1. The molecule has 0 aliphatic heterocycles. The fourth-order valence-electron chi connectivity index (χ4n) is 1.81. The topological polar surface area (TPSA) is 57.2 Å². The molecule has 0 saturated carbocycles. The van der Waals surface area contributed by atoms with Gasteiger partial charge in [-0.2, -0.15) is 0 Å². The van der Waals surface area contributed by atoms with Crippen LogP contribution in [0.3, 0.4) is 0 Å². The minimum absolute atomic E-state index is 0.0702. The van der Waals surface area contributed by atoms with E-state index in [0.717, 1.165) is 12.2 Å². The van der Waals surface area contributed by atoms with Crippen molar-refractivity contribution in [2.45, 2.75) is 19.9 Å². The van der Waals surface area contributed by atoms with Gasteiger partial charge in [0.25, 0.3) is 5.56 Å². The zero-order valence-corrected chi connectivity index (χ0v) is 11.0. The van der Waals surface area contributed by atoms with Crippen LogP contribution in [0.15, 0.2) is 47.4 Å². The van der Waals surface area contributed by atoms with Crippen LogP contribution in [0.25, 0.3) is 0 Å². The lowest BCUT2D eigenvalue weighted by atomic mass is 10.2. The van der Waals surface area contributed by atoms with Crippen LogP contribution in [0.2, 0.25) is 0 Å². The van der Waals surface area contributed by atoms with Crippen molar-refractivity contribution in [1.82, 2.24) is 4.57 Å². The third kappa shape index (κ3) is 3.61. The summed E-state index contributed by atoms with van der Waals surface area (Å²) in [6.45, 7) is 3.04. The van der Waals surface area contributed by atoms with Gasteiger partial charge >= 0.3 is 0 Å². The normalized spacial score (nSPS) is 10.4. The van der Waals surface area contributed by atoms with E-state index in [2.05, 4.69) is 6.92 Å². The highest BCUT2D eigenvalue weighted by Gasteiger charge is 1.98. The summed E-state index contributed by atoms with van der Waals surface area (Å²) in [4.78, 5) is 11.5. The zero-order chi connectivity index (χ0) is 13.7. The van der Waals surface area contributed by atoms with Gasteiger partial charge in [-0.3, -0.25) is 4.79 Å². The summed E-state index contributed by atoms with van der Waals surface area (Å²) in [5, 5.41) is 0. The van der Waals surface area contributed by atoms with Gasteiger partial charge in [0.1, 0.15) is 12.4 Å². The summed E-state index contributed by atoms with van der Waals surface area (Å²) in [6.07, 6.45) is 2.64. The van der Waals surface area contributed by atoms with E-state index in [9.17, 15) is 4.79 Å². The van der Waals surface area contributed by atoms with Crippen molar-refractivity contribution in [2.24, 2.45) is 0 Å². The molecular weight excluding hydrogens is 240 g/mol. The maximum Gasteiger partial charge on any atom is 0.250 e. The average Bonchev–Trinajstić information content (AvgIpc) is 2.43. The summed E-state index contributed by atoms with van der Waals surface area (Å²) < 4.78 is 7.16. The van der Waals surface area contributed by atoms with Crippen molar-refractivity contribution in [2.75, 3.05) is 12.3 Å². The first kappa shape index (κ1) is 13.2. The summed E-state index contributed by atoms with van der Waals surface area (Å²) in [7, 11) is 0. The first-order valence-electron chi connectivity index (χ1n) is 6.37. The van der Waals surface area contributed by atoms with Gasteiger partial charge in [-0.15, -0.1) is 0 Å². The van der Waals surface area contributed by atoms with E-state index in [1.54, 1.807) is 16.8 Å². The summed E-state index contributed by atoms with van der Waals surface area (Å²) in [5.74, 6) is 0.814. The van der Waals surface area contributed by atoms with E-state index in [4.69, 9.17) is 10.5 Å². The van der Waals surface area contributed by atoms with Crippen molar-refractivity contribution in [3.63, 3.8) is 0 Å². The van der Waals surface area contributed by atoms with E-state index >= 15 is 0 Å². The minimum Gasteiger partial charge on any atom is -0.492 e. The van der Waals surface area contributed by atoms with Crippen LogP contribution in [0.5, 0.6) is 5.75 Å². The largest absolute Gasteiger partial charge is 0.492 e. The third-order valence-corrected chi connectivity index (χ3v) is 2.94. The van der Waals surface area contributed by atoms with Crippen molar-refractivity contribution >= 4 is 5.69 Å². The second-order valence-electron chi connectivity index (χ2n) is 4.34. The Morgan fingerprint density at radius 1 is 1.16 bits per heavy atom. The number of aromatic nitrogens is 1. The van der Waals surface area contributed by atoms with Gasteiger partial charge < -0.3 is 15.0 Å². The van der Waals surface area contributed by atoms with Crippen LogP contribution in [0.4, 0.5) is 5.69 Å². The molecule has 1 heterocycles. The summed E-state index contributed by atoms with van der Waals surface area (Å²) >= 11 is 0. The molecule has 4 heteroatoms. The molecule has 0 saturated heterocycles. The molecule has 1 aromatic carbocycles. The van der Waals surface area contributed by atoms with Gasteiger partial charge in [0.2, 0.25) is 0 Å². The van der Waals surface area contributed by atoms with E-state index < -0.39 is 0 Å². The molecule has 0 atom stereocenters. The lowest BCUT2D eigenvalue weighted by Crippen LogP contribution is -2.22. The number of nitrogens with zero attached hydrogens (tertiary/aromatic N) is 1. The molecule has 0 fully saturated rings. The van der Waals surface area contributed by atoms with Crippen LogP contribution in [0.1, 0.15) is 12.5 Å². The van der Waals surface area contributed by atoms with Crippen molar-refractivity contribution in [3.05, 3.63) is 58.5 Å². The van der Waals surface area contributed by atoms with Gasteiger partial charge in [0.05, 0.1) is 6.54 Å². The predicted molar refractivity (Wildman–Crippen MR) is 76.4 cm³/mol. The van der Waals surface area contributed by atoms with Crippen LogP contribution < -0.4 is 16.0 Å². The number of ether oxygens (including phenoxy) is 1. The SMILES string of the molecule is CCc1ccc(OCCn2cc(N)ccc2=O)cc1. The smallest absolute Gasteiger partial charge is 0.250 e. The molecule has 0 bridgehead atoms. The molecule has 0 aliphatic carbocycles. The van der Waals surface area contributed by atoms with Gasteiger partial charge in [-0.1, -0.05) is 19.1 Å². The number of hydrogen-bond acceptors (Lipinski definition) is 3. The molecule has 100 valence electrons. The predicted octanol–water partition coefficient (Wildman–Crippen LogP) is 2.07. The first-order chi connectivity index (χ1) is 9.19. The molecular formula is C15H18N2O2. The Bertz CT molecular complexity index is 588. The van der Waals surface area contributed by atoms with E-state index in [1.165, 1.54) is 11.6 Å². The fraction of sp³-hybridized carbons (Fsp3) is 0.267. The van der Waals surface area contributed by atoms with E-state index in [0.29, 0.717) is 18.8 Å². The van der Waals surface area contributed by atoms with Gasteiger partial charge in [0, 0.05) is 18.0 Å². The maximum atomic E-state index is 11.5. The van der Waals surface area contributed by atoms with Gasteiger partial charge in [0.15, 0.2) is 0 Å². The number of rotatable bonds is 5. The second-order valence-corrected chi connectivity index (χ2v) is 4.34. The standard InChI is InChI=1S/C15H18N2O2/c1-2-12-3-6-14(7-4-12)19-10-9-17-11-13(16)5-8-15(17)18/h3-8,11H,2,9-10,16H2,1H3. The molecule has 0 radical (unpaired) electrons. The minimum atomic E-state index is -0.0702. The molecule has 2 N–H and O–H groups in total. The number of benzene rings is 1. The van der Waals surface area contributed by atoms with Crippen molar-refractivity contribution in [3.8, 4) is 5.75 Å². The van der Waals surface area contributed by atoms with Crippen LogP contribution in [-0.2, 0) is 13.0 Å². The molecule has 4 nitrogen and oxygen atoms in total. The monoisotopic (exact) mass is 258 g/mol. The third-order valence-electron chi connectivity index (χ3n) is 2.94. The molecule has 0 spiro atoms. The summed E-state index contributed by atoms with van der Waals surface area (Å²) in [5.41, 5.74) is 7.42. The van der Waals surface area contributed by atoms with E-state index in [1.807, 2.05) is 24.3 Å². The second kappa shape index (κ2) is 6.09. The molecule has 19 heavy (non-hydrogen) atoms. The zero-order valence-electron chi connectivity index (χ0n) is 11.0. The van der Waals surface area contributed by atoms with Crippen molar-refractivity contribution in [1.29, 1.82) is 0 Å². The number of hydrogen-bond donors (Lipinski definition) is 1. The highest BCUT2D eigenvalue weighted by atomic mass is 16.5. The van der Waals surface area contributed by atoms with Crippen LogP contribution in [0, 0.1) is 0 Å². The van der Waals surface area contributed by atoms with E-state index in [-0.39, 0.29) is 5.56 Å². The Balaban J connectivity index is 1.92. The number of nitrogen functional groups attached to an aromatic ring is 1. The summed E-state index contributed by atoms with van der Waals surface area (Å²) in [6, 6.07) is 11.0. The Kier molecular flexibility index (Phi) is 4.23. The molecule has 0 aliphatic rings. The molecule has 2 rings (SSSR count). The Morgan fingerprint density at radius 2 is 1.89 bits per heavy atom.